The van der Waals surface area contributed by atoms with Crippen LogP contribution in [0.1, 0.15) is 30.1 Å². The van der Waals surface area contributed by atoms with E-state index in [4.69, 9.17) is 11.6 Å². The van der Waals surface area contributed by atoms with Crippen molar-refractivity contribution >= 4 is 23.2 Å². The molecule has 144 valence electrons. The highest BCUT2D eigenvalue weighted by Gasteiger charge is 2.32. The van der Waals surface area contributed by atoms with Crippen LogP contribution in [0.2, 0.25) is 5.02 Å². The van der Waals surface area contributed by atoms with Crippen LogP contribution in [0.4, 0.5) is 5.69 Å². The van der Waals surface area contributed by atoms with Gasteiger partial charge < -0.3 is 15.1 Å². The first-order valence-corrected chi connectivity index (χ1v) is 9.76. The summed E-state index contributed by atoms with van der Waals surface area (Å²) in [6.07, 6.45) is 4.54. The molecular formula is C19H25ClN6O. The molecule has 0 radical (unpaired) electrons. The number of fused-ring (bicyclic) bond motifs is 1. The summed E-state index contributed by atoms with van der Waals surface area (Å²) in [5.74, 6) is 0.174. The van der Waals surface area contributed by atoms with Gasteiger partial charge in [0, 0.05) is 36.8 Å². The molecule has 1 atom stereocenters. The minimum absolute atomic E-state index is 0.174. The maximum absolute atomic E-state index is 12.9. The molecule has 1 N–H and O–H groups in total. The lowest BCUT2D eigenvalue weighted by atomic mass is 10.0. The Labute approximate surface area is 164 Å². The van der Waals surface area contributed by atoms with Gasteiger partial charge >= 0.3 is 0 Å². The summed E-state index contributed by atoms with van der Waals surface area (Å²) in [7, 11) is 4.04. The van der Waals surface area contributed by atoms with E-state index in [1.54, 1.807) is 0 Å². The van der Waals surface area contributed by atoms with Crippen LogP contribution >= 0.6 is 11.6 Å². The molecule has 2 aromatic rings. The molecule has 1 fully saturated rings. The molecule has 0 aliphatic carbocycles. The third kappa shape index (κ3) is 3.94. The van der Waals surface area contributed by atoms with Gasteiger partial charge in [0.15, 0.2) is 0 Å². The summed E-state index contributed by atoms with van der Waals surface area (Å²) in [5, 5.41) is 12.6. The van der Waals surface area contributed by atoms with E-state index >= 15 is 0 Å². The number of nitrogens with zero attached hydrogens (tertiary/aromatic N) is 5. The van der Waals surface area contributed by atoms with Crippen molar-refractivity contribution in [3.63, 3.8) is 0 Å². The number of amides is 1. The van der Waals surface area contributed by atoms with E-state index in [1.165, 1.54) is 0 Å². The van der Waals surface area contributed by atoms with E-state index in [1.807, 2.05) is 48.1 Å². The fourth-order valence-electron chi connectivity index (χ4n) is 3.94. The quantitative estimate of drug-likeness (QED) is 0.869. The molecule has 1 saturated heterocycles. The Morgan fingerprint density at radius 3 is 2.85 bits per heavy atom. The minimum atomic E-state index is -0.187. The van der Waals surface area contributed by atoms with E-state index < -0.39 is 0 Å². The molecule has 7 nitrogen and oxygen atoms in total. The summed E-state index contributed by atoms with van der Waals surface area (Å²) in [6, 6.07) is 5.87. The van der Waals surface area contributed by atoms with Gasteiger partial charge in [-0.3, -0.25) is 4.79 Å². The van der Waals surface area contributed by atoms with Crippen LogP contribution in [-0.2, 0) is 17.8 Å². The molecule has 0 spiro atoms. The first-order chi connectivity index (χ1) is 13.0. The lowest BCUT2D eigenvalue weighted by Gasteiger charge is -2.33. The lowest BCUT2D eigenvalue weighted by Crippen LogP contribution is -2.46. The Morgan fingerprint density at radius 1 is 1.33 bits per heavy atom. The highest BCUT2D eigenvalue weighted by molar-refractivity contribution is 6.30. The van der Waals surface area contributed by atoms with Crippen LogP contribution in [0.5, 0.6) is 0 Å². The van der Waals surface area contributed by atoms with Crippen molar-refractivity contribution < 1.29 is 4.79 Å². The number of nitrogens with one attached hydrogen (secondary N) is 1. The lowest BCUT2D eigenvalue weighted by molar-refractivity contribution is -0.133. The molecule has 1 aromatic carbocycles. The third-order valence-corrected chi connectivity index (χ3v) is 5.54. The Morgan fingerprint density at radius 2 is 2.11 bits per heavy atom. The van der Waals surface area contributed by atoms with Gasteiger partial charge in [0.25, 0.3) is 0 Å². The number of carbonyl (C=O) groups is 1. The topological polar surface area (TPSA) is 66.3 Å². The average molecular weight is 389 g/mol. The number of anilines is 1. The summed E-state index contributed by atoms with van der Waals surface area (Å²) in [4.78, 5) is 17.0. The molecule has 8 heteroatoms. The summed E-state index contributed by atoms with van der Waals surface area (Å²) in [5.41, 5.74) is 3.11. The largest absolute Gasteiger partial charge is 0.373 e. The number of halogens is 1. The molecule has 0 saturated carbocycles. The number of piperidine rings is 1. The van der Waals surface area contributed by atoms with Gasteiger partial charge in [0.1, 0.15) is 6.04 Å². The highest BCUT2D eigenvalue weighted by atomic mass is 35.5. The number of rotatable bonds is 4. The van der Waals surface area contributed by atoms with Gasteiger partial charge in [-0.05, 0) is 50.7 Å². The van der Waals surface area contributed by atoms with Gasteiger partial charge in [-0.15, -0.1) is 5.10 Å². The van der Waals surface area contributed by atoms with Crippen molar-refractivity contribution in [2.75, 3.05) is 32.5 Å². The zero-order valence-electron chi connectivity index (χ0n) is 15.7. The van der Waals surface area contributed by atoms with Crippen LogP contribution in [0.3, 0.4) is 0 Å². The van der Waals surface area contributed by atoms with E-state index in [9.17, 15) is 4.79 Å². The van der Waals surface area contributed by atoms with Gasteiger partial charge in [-0.25, -0.2) is 4.68 Å². The van der Waals surface area contributed by atoms with E-state index in [0.717, 1.165) is 49.4 Å². The smallest absolute Gasteiger partial charge is 0.245 e. The van der Waals surface area contributed by atoms with E-state index in [-0.39, 0.29) is 11.9 Å². The Kier molecular flexibility index (Phi) is 5.06. The van der Waals surface area contributed by atoms with Crippen molar-refractivity contribution in [2.24, 2.45) is 0 Å². The normalized spacial score (nSPS) is 20.0. The highest BCUT2D eigenvalue weighted by Crippen LogP contribution is 2.30. The minimum Gasteiger partial charge on any atom is -0.373 e. The first-order valence-electron chi connectivity index (χ1n) is 9.39. The first kappa shape index (κ1) is 18.3. The van der Waals surface area contributed by atoms with Crippen LogP contribution in [0.25, 0.3) is 0 Å². The number of aromatic nitrogens is 3. The molecule has 3 heterocycles. The molecule has 1 amide bonds. The van der Waals surface area contributed by atoms with Crippen molar-refractivity contribution in [3.05, 3.63) is 40.7 Å². The fourth-order valence-corrected chi connectivity index (χ4v) is 4.13. The molecule has 0 bridgehead atoms. The SMILES string of the molecule is CN(C)Cc1cn(C2CCN(C(=O)C3Cc4cc(Cl)ccc4N3)CC2)nn1. The second-order valence-electron chi connectivity index (χ2n) is 7.69. The van der Waals surface area contributed by atoms with Gasteiger partial charge in [-0.1, -0.05) is 16.8 Å². The van der Waals surface area contributed by atoms with Crippen LogP contribution in [0.15, 0.2) is 24.4 Å². The summed E-state index contributed by atoms with van der Waals surface area (Å²) >= 11 is 6.06. The zero-order chi connectivity index (χ0) is 19.0. The maximum atomic E-state index is 12.9. The molecule has 4 rings (SSSR count). The predicted octanol–water partition coefficient (Wildman–Crippen LogP) is 2.19. The number of benzene rings is 1. The standard InChI is InChI=1S/C19H25ClN6O/c1-24(2)11-15-12-26(23-22-15)16-5-7-25(8-6-16)19(27)18-10-13-9-14(20)3-4-17(13)21-18/h3-4,9,12,16,18,21H,5-8,10-11H2,1-2H3. The number of hydrogen-bond donors (Lipinski definition) is 1. The third-order valence-electron chi connectivity index (χ3n) is 5.31. The molecule has 2 aliphatic heterocycles. The van der Waals surface area contributed by atoms with Gasteiger partial charge in [0.05, 0.1) is 17.9 Å². The maximum Gasteiger partial charge on any atom is 0.245 e. The molecule has 1 unspecified atom stereocenters. The van der Waals surface area contributed by atoms with Gasteiger partial charge in [-0.2, -0.15) is 0 Å². The number of likely N-dealkylation sites (tertiary alicyclic amines) is 1. The van der Waals surface area contributed by atoms with E-state index in [2.05, 4.69) is 20.5 Å². The van der Waals surface area contributed by atoms with Crippen molar-refractivity contribution in [2.45, 2.75) is 37.9 Å². The second-order valence-corrected chi connectivity index (χ2v) is 8.12. The van der Waals surface area contributed by atoms with Crippen molar-refractivity contribution in [1.82, 2.24) is 24.8 Å². The summed E-state index contributed by atoms with van der Waals surface area (Å²) in [6.45, 7) is 2.29. The second kappa shape index (κ2) is 7.48. The number of carbonyl (C=O) groups excluding carboxylic acids is 1. The van der Waals surface area contributed by atoms with Crippen LogP contribution < -0.4 is 5.32 Å². The molecule has 27 heavy (non-hydrogen) atoms. The van der Waals surface area contributed by atoms with Crippen LogP contribution in [-0.4, -0.2) is 63.9 Å². The van der Waals surface area contributed by atoms with Crippen molar-refractivity contribution in [1.29, 1.82) is 0 Å². The number of hydrogen-bond acceptors (Lipinski definition) is 5. The summed E-state index contributed by atoms with van der Waals surface area (Å²) < 4.78 is 1.96. The predicted molar refractivity (Wildman–Crippen MR) is 105 cm³/mol. The molecular weight excluding hydrogens is 364 g/mol. The van der Waals surface area contributed by atoms with E-state index in [0.29, 0.717) is 17.5 Å². The zero-order valence-corrected chi connectivity index (χ0v) is 16.5. The Balaban J connectivity index is 1.33. The van der Waals surface area contributed by atoms with Gasteiger partial charge in [0.2, 0.25) is 5.91 Å². The Bertz CT molecular complexity index is 827. The molecule has 1 aromatic heterocycles. The Hall–Kier alpha value is -2.12. The molecule has 2 aliphatic rings. The average Bonchev–Trinajstić information content (AvgIpc) is 3.27. The fraction of sp³-hybridized carbons (Fsp3) is 0.526. The van der Waals surface area contributed by atoms with Crippen molar-refractivity contribution in [3.8, 4) is 0 Å². The van der Waals surface area contributed by atoms with Crippen LogP contribution in [0, 0.1) is 0 Å². The monoisotopic (exact) mass is 388 g/mol.